The fourth-order valence-corrected chi connectivity index (χ4v) is 3.62. The second kappa shape index (κ2) is 8.36. The van der Waals surface area contributed by atoms with Crippen molar-refractivity contribution in [2.45, 2.75) is 32.1 Å². The number of benzene rings is 1. The first-order chi connectivity index (χ1) is 12.1. The van der Waals surface area contributed by atoms with Crippen LogP contribution in [0.4, 0.5) is 5.69 Å². The minimum atomic E-state index is -0.257. The number of anilines is 1. The number of carbonyl (C=O) groups is 1. The zero-order chi connectivity index (χ0) is 17.8. The van der Waals surface area contributed by atoms with Gasteiger partial charge < -0.3 is 19.5 Å². The van der Waals surface area contributed by atoms with Crippen molar-refractivity contribution in [1.82, 2.24) is 4.90 Å². The molecular weight excluding hydrogens is 344 g/mol. The molecule has 0 aliphatic carbocycles. The van der Waals surface area contributed by atoms with Crippen molar-refractivity contribution in [3.05, 3.63) is 23.2 Å². The number of hydrogen-bond acceptors (Lipinski definition) is 5. The summed E-state index contributed by atoms with van der Waals surface area (Å²) in [5, 5.41) is 3.48. The Kier molecular flexibility index (Phi) is 6.17. The van der Waals surface area contributed by atoms with Gasteiger partial charge in [-0.1, -0.05) is 11.6 Å². The van der Waals surface area contributed by atoms with Crippen LogP contribution in [0, 0.1) is 5.92 Å². The molecule has 0 bridgehead atoms. The highest BCUT2D eigenvalue weighted by Crippen LogP contribution is 2.29. The van der Waals surface area contributed by atoms with Gasteiger partial charge in [-0.2, -0.15) is 0 Å². The Balaban J connectivity index is 1.62. The van der Waals surface area contributed by atoms with E-state index in [9.17, 15) is 4.79 Å². The molecule has 2 aliphatic rings. The lowest BCUT2D eigenvalue weighted by atomic mass is 9.96. The summed E-state index contributed by atoms with van der Waals surface area (Å²) in [5.41, 5.74) is 0.586. The third kappa shape index (κ3) is 4.44. The zero-order valence-electron chi connectivity index (χ0n) is 14.7. The van der Waals surface area contributed by atoms with Crippen LogP contribution in [-0.2, 0) is 14.3 Å². The van der Waals surface area contributed by atoms with Crippen LogP contribution in [0.5, 0.6) is 5.75 Å². The topological polar surface area (TPSA) is 60.0 Å². The molecule has 0 aromatic heterocycles. The average Bonchev–Trinajstić information content (AvgIpc) is 3.16. The summed E-state index contributed by atoms with van der Waals surface area (Å²) in [5.74, 6) is 0.830. The maximum Gasteiger partial charge on any atom is 0.241 e. The van der Waals surface area contributed by atoms with Gasteiger partial charge in [0.2, 0.25) is 5.91 Å². The van der Waals surface area contributed by atoms with Gasteiger partial charge in [0.1, 0.15) is 5.75 Å². The molecule has 2 aliphatic heterocycles. The molecule has 7 heteroatoms. The van der Waals surface area contributed by atoms with Crippen molar-refractivity contribution < 1.29 is 19.0 Å². The lowest BCUT2D eigenvalue weighted by Crippen LogP contribution is -2.49. The Bertz CT molecular complexity index is 607. The molecule has 138 valence electrons. The molecule has 2 unspecified atom stereocenters. The monoisotopic (exact) mass is 368 g/mol. The highest BCUT2D eigenvalue weighted by molar-refractivity contribution is 6.31. The van der Waals surface area contributed by atoms with Crippen molar-refractivity contribution in [3.63, 3.8) is 0 Å². The summed E-state index contributed by atoms with van der Waals surface area (Å²) >= 11 is 6.03. The van der Waals surface area contributed by atoms with Crippen molar-refractivity contribution in [2.75, 3.05) is 38.7 Å². The first kappa shape index (κ1) is 18.5. The minimum Gasteiger partial charge on any atom is -0.495 e. The molecule has 6 nitrogen and oxygen atoms in total. The number of piperidine rings is 1. The van der Waals surface area contributed by atoms with Gasteiger partial charge in [0.15, 0.2) is 6.29 Å². The molecule has 2 heterocycles. The molecule has 3 rings (SSSR count). The number of halogens is 1. The molecule has 0 spiro atoms. The van der Waals surface area contributed by atoms with Gasteiger partial charge in [0.25, 0.3) is 0 Å². The Morgan fingerprint density at radius 2 is 2.16 bits per heavy atom. The van der Waals surface area contributed by atoms with Gasteiger partial charge in [0, 0.05) is 17.5 Å². The quantitative estimate of drug-likeness (QED) is 0.866. The first-order valence-corrected chi connectivity index (χ1v) is 9.08. The normalized spacial score (nSPS) is 23.4. The average molecular weight is 369 g/mol. The molecule has 1 aromatic rings. The van der Waals surface area contributed by atoms with Gasteiger partial charge in [-0.05, 0) is 44.5 Å². The van der Waals surface area contributed by atoms with E-state index in [1.54, 1.807) is 25.3 Å². The largest absolute Gasteiger partial charge is 0.495 e. The number of hydrogen-bond donors (Lipinski definition) is 1. The van der Waals surface area contributed by atoms with Gasteiger partial charge >= 0.3 is 0 Å². The number of rotatable bonds is 5. The van der Waals surface area contributed by atoms with Crippen molar-refractivity contribution in [1.29, 1.82) is 0 Å². The number of likely N-dealkylation sites (tertiary alicyclic amines) is 1. The number of nitrogens with zero attached hydrogens (tertiary/aromatic N) is 1. The fraction of sp³-hybridized carbons (Fsp3) is 0.611. The van der Waals surface area contributed by atoms with Crippen LogP contribution >= 0.6 is 11.6 Å². The van der Waals surface area contributed by atoms with E-state index in [2.05, 4.69) is 10.2 Å². The summed E-state index contributed by atoms with van der Waals surface area (Å²) in [6.45, 7) is 4.93. The molecule has 2 fully saturated rings. The van der Waals surface area contributed by atoms with Gasteiger partial charge in [-0.15, -0.1) is 0 Å². The van der Waals surface area contributed by atoms with E-state index in [0.29, 0.717) is 35.6 Å². The number of methoxy groups -OCH3 is 1. The summed E-state index contributed by atoms with van der Waals surface area (Å²) in [6, 6.07) is 4.92. The van der Waals surface area contributed by atoms with Crippen LogP contribution in [0.15, 0.2) is 18.2 Å². The third-order valence-corrected chi connectivity index (χ3v) is 5.10. The maximum absolute atomic E-state index is 12.7. The lowest BCUT2D eigenvalue weighted by Gasteiger charge is -2.37. The molecular formula is C18H25ClN2O4. The number of amides is 1. The lowest BCUT2D eigenvalue weighted by molar-refractivity contribution is -0.126. The summed E-state index contributed by atoms with van der Waals surface area (Å²) in [7, 11) is 1.57. The van der Waals surface area contributed by atoms with E-state index < -0.39 is 0 Å². The second-order valence-corrected chi connectivity index (χ2v) is 6.95. The summed E-state index contributed by atoms with van der Waals surface area (Å²) in [6.07, 6.45) is 1.97. The highest BCUT2D eigenvalue weighted by Gasteiger charge is 2.34. The predicted octanol–water partition coefficient (Wildman–Crippen LogP) is 2.76. The van der Waals surface area contributed by atoms with Gasteiger partial charge in [-0.3, -0.25) is 9.69 Å². The smallest absolute Gasteiger partial charge is 0.241 e. The first-order valence-electron chi connectivity index (χ1n) is 8.70. The third-order valence-electron chi connectivity index (χ3n) is 4.87. The molecule has 1 aromatic carbocycles. The summed E-state index contributed by atoms with van der Waals surface area (Å²) < 4.78 is 16.6. The second-order valence-electron chi connectivity index (χ2n) is 6.52. The van der Waals surface area contributed by atoms with Crippen LogP contribution in [0.2, 0.25) is 5.02 Å². The standard InChI is InChI=1S/C18H25ClN2O4/c1-12(17(22)20-15-10-14(19)5-6-16(15)23-2)21-7-3-4-13(11-21)18-24-8-9-25-18/h5-6,10,12-13,18H,3-4,7-9,11H2,1-2H3,(H,20,22). The van der Waals surface area contributed by atoms with Crippen LogP contribution < -0.4 is 10.1 Å². The van der Waals surface area contributed by atoms with E-state index >= 15 is 0 Å². The van der Waals surface area contributed by atoms with Crippen molar-refractivity contribution in [2.24, 2.45) is 5.92 Å². The molecule has 1 amide bonds. The van der Waals surface area contributed by atoms with Crippen LogP contribution in [0.25, 0.3) is 0 Å². The van der Waals surface area contributed by atoms with Crippen LogP contribution in [-0.4, -0.2) is 56.6 Å². The Hall–Kier alpha value is -1.34. The Morgan fingerprint density at radius 1 is 1.40 bits per heavy atom. The van der Waals surface area contributed by atoms with Crippen LogP contribution in [0.3, 0.4) is 0 Å². The van der Waals surface area contributed by atoms with Crippen LogP contribution in [0.1, 0.15) is 19.8 Å². The SMILES string of the molecule is COc1ccc(Cl)cc1NC(=O)C(C)N1CCCC(C2OCCO2)C1. The van der Waals surface area contributed by atoms with Gasteiger partial charge in [-0.25, -0.2) is 0 Å². The maximum atomic E-state index is 12.7. The Morgan fingerprint density at radius 3 is 2.88 bits per heavy atom. The molecule has 25 heavy (non-hydrogen) atoms. The van der Waals surface area contributed by atoms with E-state index in [1.807, 2.05) is 6.92 Å². The number of nitrogens with one attached hydrogen (secondary N) is 1. The molecule has 1 N–H and O–H groups in total. The molecule has 0 radical (unpaired) electrons. The summed E-state index contributed by atoms with van der Waals surface area (Å²) in [4.78, 5) is 14.9. The highest BCUT2D eigenvalue weighted by atomic mass is 35.5. The molecule has 2 saturated heterocycles. The van der Waals surface area contributed by atoms with E-state index in [1.165, 1.54) is 0 Å². The zero-order valence-corrected chi connectivity index (χ0v) is 15.4. The molecule has 2 atom stereocenters. The molecule has 0 saturated carbocycles. The Labute approximate surface area is 153 Å². The predicted molar refractivity (Wildman–Crippen MR) is 96.1 cm³/mol. The number of carbonyl (C=O) groups excluding carboxylic acids is 1. The van der Waals surface area contributed by atoms with Crippen molar-refractivity contribution in [3.8, 4) is 5.75 Å². The van der Waals surface area contributed by atoms with E-state index in [4.69, 9.17) is 25.8 Å². The van der Waals surface area contributed by atoms with Gasteiger partial charge in [0.05, 0.1) is 32.1 Å². The number of ether oxygens (including phenoxy) is 3. The minimum absolute atomic E-state index is 0.0746. The van der Waals surface area contributed by atoms with Crippen molar-refractivity contribution >= 4 is 23.2 Å². The fourth-order valence-electron chi connectivity index (χ4n) is 3.44. The van der Waals surface area contributed by atoms with E-state index in [-0.39, 0.29) is 18.2 Å². The van der Waals surface area contributed by atoms with E-state index in [0.717, 1.165) is 25.9 Å².